The fourth-order valence-corrected chi connectivity index (χ4v) is 2.45. The summed E-state index contributed by atoms with van der Waals surface area (Å²) in [5.74, 6) is 0. The van der Waals surface area contributed by atoms with Gasteiger partial charge in [-0.15, -0.1) is 0 Å². The molecule has 15 heavy (non-hydrogen) atoms. The van der Waals surface area contributed by atoms with E-state index in [1.54, 1.807) is 20.8 Å². The molecule has 0 aromatic carbocycles. The van der Waals surface area contributed by atoms with Gasteiger partial charge in [0.05, 0.1) is 0 Å². The first-order valence-electron chi connectivity index (χ1n) is 4.44. The van der Waals surface area contributed by atoms with Gasteiger partial charge in [0.25, 0.3) is 10.0 Å². The summed E-state index contributed by atoms with van der Waals surface area (Å²) < 4.78 is 25.9. The Bertz CT molecular complexity index is 497. The van der Waals surface area contributed by atoms with Gasteiger partial charge in [0, 0.05) is 11.6 Å². The zero-order valence-electron chi connectivity index (χ0n) is 8.87. The number of aromatic amines is 1. The topological polar surface area (TPSA) is 79.0 Å². The van der Waals surface area contributed by atoms with Gasteiger partial charge in [-0.2, -0.15) is 0 Å². The zero-order valence-corrected chi connectivity index (χ0v) is 9.68. The number of aromatic nitrogens is 1. The van der Waals surface area contributed by atoms with Gasteiger partial charge < -0.3 is 4.98 Å². The summed E-state index contributed by atoms with van der Waals surface area (Å²) in [6, 6.07) is 4.00. The Hall–Kier alpha value is -1.14. The van der Waals surface area contributed by atoms with Crippen LogP contribution in [0.1, 0.15) is 20.8 Å². The van der Waals surface area contributed by atoms with Crippen molar-refractivity contribution >= 4 is 10.0 Å². The first-order chi connectivity index (χ1) is 6.71. The quantitative estimate of drug-likeness (QED) is 0.774. The van der Waals surface area contributed by atoms with Gasteiger partial charge in [0.15, 0.2) is 5.03 Å². The molecule has 1 heterocycles. The van der Waals surface area contributed by atoms with Crippen molar-refractivity contribution in [3.8, 4) is 0 Å². The van der Waals surface area contributed by atoms with E-state index >= 15 is 0 Å². The molecule has 0 saturated carbocycles. The summed E-state index contributed by atoms with van der Waals surface area (Å²) >= 11 is 0. The Morgan fingerprint density at radius 3 is 2.33 bits per heavy atom. The van der Waals surface area contributed by atoms with Crippen molar-refractivity contribution in [2.45, 2.75) is 31.3 Å². The van der Waals surface area contributed by atoms with Gasteiger partial charge in [0.2, 0.25) is 5.56 Å². The maximum atomic E-state index is 11.7. The Morgan fingerprint density at radius 1 is 1.27 bits per heavy atom. The molecular formula is C9H14N2O3S. The van der Waals surface area contributed by atoms with Gasteiger partial charge in [-0.25, -0.2) is 13.1 Å². The van der Waals surface area contributed by atoms with Crippen LogP contribution in [0.15, 0.2) is 28.0 Å². The van der Waals surface area contributed by atoms with Crippen molar-refractivity contribution in [2.75, 3.05) is 0 Å². The predicted octanol–water partition coefficient (Wildman–Crippen LogP) is 0.452. The van der Waals surface area contributed by atoms with Crippen molar-refractivity contribution in [1.29, 1.82) is 0 Å². The minimum absolute atomic E-state index is 0.120. The molecule has 1 rings (SSSR count). The van der Waals surface area contributed by atoms with Gasteiger partial charge in [-0.1, -0.05) is 6.07 Å². The molecule has 6 heteroatoms. The molecule has 0 fully saturated rings. The van der Waals surface area contributed by atoms with Crippen molar-refractivity contribution < 1.29 is 8.42 Å². The highest BCUT2D eigenvalue weighted by Gasteiger charge is 2.22. The van der Waals surface area contributed by atoms with Crippen molar-refractivity contribution in [1.82, 2.24) is 9.71 Å². The summed E-state index contributed by atoms with van der Waals surface area (Å²) in [5.41, 5.74) is -1.02. The van der Waals surface area contributed by atoms with Crippen molar-refractivity contribution in [3.63, 3.8) is 0 Å². The summed E-state index contributed by atoms with van der Waals surface area (Å²) in [7, 11) is -3.65. The molecule has 0 saturated heterocycles. The molecule has 0 bridgehead atoms. The van der Waals surface area contributed by atoms with Crippen LogP contribution < -0.4 is 10.3 Å². The predicted molar refractivity (Wildman–Crippen MR) is 57.1 cm³/mol. The second kappa shape index (κ2) is 3.79. The molecule has 0 aliphatic carbocycles. The van der Waals surface area contributed by atoms with Crippen LogP contribution in [0.2, 0.25) is 0 Å². The highest BCUT2D eigenvalue weighted by Crippen LogP contribution is 2.08. The maximum absolute atomic E-state index is 11.7. The largest absolute Gasteiger partial charge is 0.312 e. The van der Waals surface area contributed by atoms with E-state index in [0.717, 1.165) is 0 Å². The third-order valence-electron chi connectivity index (χ3n) is 1.47. The lowest BCUT2D eigenvalue weighted by Gasteiger charge is -2.19. The van der Waals surface area contributed by atoms with E-state index in [1.807, 2.05) is 0 Å². The van der Waals surface area contributed by atoms with E-state index in [4.69, 9.17) is 0 Å². The van der Waals surface area contributed by atoms with Gasteiger partial charge in [-0.05, 0) is 26.8 Å². The lowest BCUT2D eigenvalue weighted by Crippen LogP contribution is -2.41. The summed E-state index contributed by atoms with van der Waals surface area (Å²) in [6.07, 6.45) is 0. The van der Waals surface area contributed by atoms with E-state index in [-0.39, 0.29) is 5.03 Å². The molecule has 0 radical (unpaired) electrons. The molecule has 0 spiro atoms. The standard InChI is InChI=1S/C9H14N2O3S/c1-9(2,3)11-15(13,14)8-6-4-5-7(12)10-8/h4-6,11H,1-3H3,(H,10,12). The van der Waals surface area contributed by atoms with E-state index in [1.165, 1.54) is 18.2 Å². The van der Waals surface area contributed by atoms with Crippen molar-refractivity contribution in [2.24, 2.45) is 0 Å². The number of sulfonamides is 1. The summed E-state index contributed by atoms with van der Waals surface area (Å²) in [5, 5.41) is -0.120. The fourth-order valence-electron chi connectivity index (χ4n) is 1.04. The molecule has 1 aromatic heterocycles. The molecule has 5 nitrogen and oxygen atoms in total. The molecule has 2 N–H and O–H groups in total. The summed E-state index contributed by atoms with van der Waals surface area (Å²) in [6.45, 7) is 5.18. The van der Waals surface area contributed by atoms with E-state index in [2.05, 4.69) is 9.71 Å². The number of pyridine rings is 1. The highest BCUT2D eigenvalue weighted by molar-refractivity contribution is 7.89. The first-order valence-corrected chi connectivity index (χ1v) is 5.92. The molecule has 0 aliphatic rings. The van der Waals surface area contributed by atoms with E-state index in [0.29, 0.717) is 0 Å². The number of hydrogen-bond acceptors (Lipinski definition) is 3. The smallest absolute Gasteiger partial charge is 0.256 e. The van der Waals surface area contributed by atoms with Crippen LogP contribution in [0.5, 0.6) is 0 Å². The average Bonchev–Trinajstić information content (AvgIpc) is 1.99. The van der Waals surface area contributed by atoms with Gasteiger partial charge >= 0.3 is 0 Å². The van der Waals surface area contributed by atoms with Gasteiger partial charge in [-0.3, -0.25) is 4.79 Å². The Labute approximate surface area is 88.6 Å². The maximum Gasteiger partial charge on any atom is 0.256 e. The molecular weight excluding hydrogens is 216 g/mol. The number of hydrogen-bond donors (Lipinski definition) is 2. The molecule has 0 aliphatic heterocycles. The minimum Gasteiger partial charge on any atom is -0.312 e. The van der Waals surface area contributed by atoms with E-state index < -0.39 is 21.1 Å². The lowest BCUT2D eigenvalue weighted by atomic mass is 10.1. The minimum atomic E-state index is -3.65. The molecule has 0 atom stereocenters. The molecule has 1 aromatic rings. The Morgan fingerprint density at radius 2 is 1.87 bits per heavy atom. The average molecular weight is 230 g/mol. The number of rotatable bonds is 2. The third-order valence-corrected chi connectivity index (χ3v) is 3.17. The lowest BCUT2D eigenvalue weighted by molar-refractivity contribution is 0.489. The second-order valence-corrected chi connectivity index (χ2v) is 5.89. The second-order valence-electron chi connectivity index (χ2n) is 4.23. The molecule has 84 valence electrons. The van der Waals surface area contributed by atoms with Crippen LogP contribution in [0.4, 0.5) is 0 Å². The highest BCUT2D eigenvalue weighted by atomic mass is 32.2. The first kappa shape index (κ1) is 11.9. The fraction of sp³-hybridized carbons (Fsp3) is 0.444. The van der Waals surface area contributed by atoms with Crippen LogP contribution in [-0.4, -0.2) is 18.9 Å². The van der Waals surface area contributed by atoms with Crippen LogP contribution in [0.25, 0.3) is 0 Å². The van der Waals surface area contributed by atoms with Crippen LogP contribution in [0.3, 0.4) is 0 Å². The summed E-state index contributed by atoms with van der Waals surface area (Å²) in [4.78, 5) is 13.2. The van der Waals surface area contributed by atoms with E-state index in [9.17, 15) is 13.2 Å². The van der Waals surface area contributed by atoms with Crippen molar-refractivity contribution in [3.05, 3.63) is 28.6 Å². The SMILES string of the molecule is CC(C)(C)NS(=O)(=O)c1cccc(=O)[nH]1. The number of nitrogens with one attached hydrogen (secondary N) is 2. The third kappa shape index (κ3) is 3.49. The Kier molecular flexibility index (Phi) is 3.01. The van der Waals surface area contributed by atoms with Crippen LogP contribution >= 0.6 is 0 Å². The zero-order chi connectivity index (χ0) is 11.7. The molecule has 0 unspecified atom stereocenters. The number of H-pyrrole nitrogens is 1. The molecule has 0 amide bonds. The van der Waals surface area contributed by atoms with Gasteiger partial charge in [0.1, 0.15) is 0 Å². The van der Waals surface area contributed by atoms with Crippen LogP contribution in [0, 0.1) is 0 Å². The monoisotopic (exact) mass is 230 g/mol. The Balaban J connectivity index is 3.13. The van der Waals surface area contributed by atoms with Crippen LogP contribution in [-0.2, 0) is 10.0 Å². The normalized spacial score (nSPS) is 12.7.